The minimum atomic E-state index is -0.259. The predicted octanol–water partition coefficient (Wildman–Crippen LogP) is 2.40. The molecule has 0 saturated heterocycles. The van der Waals surface area contributed by atoms with Gasteiger partial charge in [-0.1, -0.05) is 23.8 Å². The van der Waals surface area contributed by atoms with Crippen molar-refractivity contribution in [2.24, 2.45) is 5.92 Å². The largest absolute Gasteiger partial charge is 0.396 e. The van der Waals surface area contributed by atoms with Crippen LogP contribution in [0.5, 0.6) is 0 Å². The lowest BCUT2D eigenvalue weighted by Gasteiger charge is -2.13. The highest BCUT2D eigenvalue weighted by Gasteiger charge is 2.19. The van der Waals surface area contributed by atoms with Gasteiger partial charge in [0.1, 0.15) is 0 Å². The van der Waals surface area contributed by atoms with Crippen molar-refractivity contribution in [2.45, 2.75) is 12.5 Å². The monoisotopic (exact) mass is 266 g/mol. The Bertz CT molecular complexity index is 445. The smallest absolute Gasteiger partial charge is 0.319 e. The van der Waals surface area contributed by atoms with E-state index in [1.54, 1.807) is 24.3 Å². The quantitative estimate of drug-likeness (QED) is 0.736. The second-order valence-electron chi connectivity index (χ2n) is 4.28. The number of amides is 2. The zero-order valence-corrected chi connectivity index (χ0v) is 10.5. The van der Waals surface area contributed by atoms with Crippen LogP contribution in [0, 0.1) is 5.92 Å². The minimum absolute atomic E-state index is 0.0190. The van der Waals surface area contributed by atoms with Gasteiger partial charge in [-0.2, -0.15) is 0 Å². The Morgan fingerprint density at radius 1 is 1.33 bits per heavy atom. The number of benzene rings is 1. The van der Waals surface area contributed by atoms with Crippen molar-refractivity contribution >= 4 is 23.3 Å². The molecule has 3 N–H and O–H groups in total. The Labute approximate surface area is 111 Å². The summed E-state index contributed by atoms with van der Waals surface area (Å²) in [6.45, 7) is 0.119. The molecule has 2 atom stereocenters. The molecule has 2 amide bonds. The van der Waals surface area contributed by atoms with Crippen molar-refractivity contribution in [3.63, 3.8) is 0 Å². The zero-order valence-electron chi connectivity index (χ0n) is 9.77. The Kier molecular flexibility index (Phi) is 4.23. The molecule has 0 saturated carbocycles. The Hall–Kier alpha value is -1.52. The maximum Gasteiger partial charge on any atom is 0.319 e. The SMILES string of the molecule is O=C(Nc1ccc(Cl)cc1)N[C@@H]1C=C[C@H](CO)C1. The molecule has 2 rings (SSSR count). The number of nitrogens with one attached hydrogen (secondary N) is 2. The number of anilines is 1. The van der Waals surface area contributed by atoms with E-state index >= 15 is 0 Å². The molecule has 0 aromatic heterocycles. The standard InChI is InChI=1S/C13H15ClN2O2/c14-10-2-5-11(6-3-10)15-13(18)16-12-4-1-9(7-12)8-17/h1-6,9,12,17H,7-8H2,(H2,15,16,18)/t9-,12+/m0/s1. The van der Waals surface area contributed by atoms with E-state index in [1.807, 2.05) is 12.2 Å². The molecule has 0 spiro atoms. The topological polar surface area (TPSA) is 61.4 Å². The van der Waals surface area contributed by atoms with Crippen molar-refractivity contribution in [1.29, 1.82) is 0 Å². The predicted molar refractivity (Wildman–Crippen MR) is 71.7 cm³/mol. The normalized spacial score (nSPS) is 21.9. The summed E-state index contributed by atoms with van der Waals surface area (Å²) in [6, 6.07) is 6.63. The zero-order chi connectivity index (χ0) is 13.0. The number of aliphatic hydroxyl groups is 1. The molecular weight excluding hydrogens is 252 g/mol. The van der Waals surface area contributed by atoms with Crippen LogP contribution in [0.2, 0.25) is 5.02 Å². The van der Waals surface area contributed by atoms with Gasteiger partial charge in [-0.15, -0.1) is 0 Å². The van der Waals surface area contributed by atoms with Crippen LogP contribution in [-0.2, 0) is 0 Å². The van der Waals surface area contributed by atoms with Crippen LogP contribution in [0.15, 0.2) is 36.4 Å². The van der Waals surface area contributed by atoms with Crippen molar-refractivity contribution in [3.05, 3.63) is 41.4 Å². The highest BCUT2D eigenvalue weighted by molar-refractivity contribution is 6.30. The maximum atomic E-state index is 11.7. The van der Waals surface area contributed by atoms with E-state index in [9.17, 15) is 4.79 Å². The molecule has 1 aliphatic rings. The first-order valence-corrected chi connectivity index (χ1v) is 6.17. The first kappa shape index (κ1) is 12.9. The molecule has 1 aromatic rings. The molecule has 18 heavy (non-hydrogen) atoms. The second kappa shape index (κ2) is 5.89. The minimum Gasteiger partial charge on any atom is -0.396 e. The van der Waals surface area contributed by atoms with Gasteiger partial charge >= 0.3 is 6.03 Å². The lowest BCUT2D eigenvalue weighted by atomic mass is 10.1. The van der Waals surface area contributed by atoms with Crippen molar-refractivity contribution < 1.29 is 9.90 Å². The average molecular weight is 267 g/mol. The van der Waals surface area contributed by atoms with Crippen LogP contribution in [-0.4, -0.2) is 23.8 Å². The molecule has 0 heterocycles. The van der Waals surface area contributed by atoms with Gasteiger partial charge in [0, 0.05) is 29.3 Å². The first-order chi connectivity index (χ1) is 8.67. The molecule has 0 fully saturated rings. The third-order valence-electron chi connectivity index (χ3n) is 2.83. The third kappa shape index (κ3) is 3.48. The fourth-order valence-electron chi connectivity index (χ4n) is 1.89. The van der Waals surface area contributed by atoms with Crippen LogP contribution in [0.25, 0.3) is 0 Å². The lowest BCUT2D eigenvalue weighted by molar-refractivity contribution is 0.238. The highest BCUT2D eigenvalue weighted by Crippen LogP contribution is 2.17. The highest BCUT2D eigenvalue weighted by atomic mass is 35.5. The number of hydrogen-bond donors (Lipinski definition) is 3. The fourth-order valence-corrected chi connectivity index (χ4v) is 2.01. The van der Waals surface area contributed by atoms with E-state index in [2.05, 4.69) is 10.6 Å². The van der Waals surface area contributed by atoms with Crippen LogP contribution in [0.3, 0.4) is 0 Å². The lowest BCUT2D eigenvalue weighted by Crippen LogP contribution is -2.36. The summed E-state index contributed by atoms with van der Waals surface area (Å²) in [4.78, 5) is 11.7. The Balaban J connectivity index is 1.82. The van der Waals surface area contributed by atoms with Gasteiger partial charge in [-0.25, -0.2) is 4.79 Å². The first-order valence-electron chi connectivity index (χ1n) is 5.79. The van der Waals surface area contributed by atoms with Crippen LogP contribution in [0.4, 0.5) is 10.5 Å². The van der Waals surface area contributed by atoms with Crippen molar-refractivity contribution in [2.75, 3.05) is 11.9 Å². The molecule has 1 aromatic carbocycles. The number of halogens is 1. The van der Waals surface area contributed by atoms with Gasteiger partial charge in [-0.05, 0) is 30.7 Å². The van der Waals surface area contributed by atoms with E-state index in [0.717, 1.165) is 6.42 Å². The van der Waals surface area contributed by atoms with E-state index in [0.29, 0.717) is 10.7 Å². The van der Waals surface area contributed by atoms with Gasteiger partial charge < -0.3 is 15.7 Å². The molecule has 0 radical (unpaired) electrons. The number of rotatable bonds is 3. The number of carbonyl (C=O) groups is 1. The number of aliphatic hydroxyl groups excluding tert-OH is 1. The van der Waals surface area contributed by atoms with Crippen LogP contribution >= 0.6 is 11.6 Å². The summed E-state index contributed by atoms with van der Waals surface area (Å²) in [5, 5.41) is 15.2. The average Bonchev–Trinajstić information content (AvgIpc) is 2.79. The van der Waals surface area contributed by atoms with E-state index < -0.39 is 0 Å². The summed E-state index contributed by atoms with van der Waals surface area (Å²) in [6.07, 6.45) is 4.57. The van der Waals surface area contributed by atoms with Crippen LogP contribution in [0.1, 0.15) is 6.42 Å². The number of hydrogen-bond acceptors (Lipinski definition) is 2. The molecule has 0 bridgehead atoms. The van der Waals surface area contributed by atoms with Crippen molar-refractivity contribution in [1.82, 2.24) is 5.32 Å². The van der Waals surface area contributed by atoms with Gasteiger partial charge in [-0.3, -0.25) is 0 Å². The molecular formula is C13H15ClN2O2. The summed E-state index contributed by atoms with van der Waals surface area (Å²) >= 11 is 5.76. The van der Waals surface area contributed by atoms with Gasteiger partial charge in [0.05, 0.1) is 0 Å². The number of urea groups is 1. The molecule has 0 unspecified atom stereocenters. The molecule has 1 aliphatic carbocycles. The summed E-state index contributed by atoms with van der Waals surface area (Å²) in [5.74, 6) is 0.144. The third-order valence-corrected chi connectivity index (χ3v) is 3.08. The maximum absolute atomic E-state index is 11.7. The van der Waals surface area contributed by atoms with Crippen molar-refractivity contribution in [3.8, 4) is 0 Å². The van der Waals surface area contributed by atoms with Gasteiger partial charge in [0.25, 0.3) is 0 Å². The Morgan fingerprint density at radius 2 is 2.06 bits per heavy atom. The molecule has 4 nitrogen and oxygen atoms in total. The summed E-state index contributed by atoms with van der Waals surface area (Å²) < 4.78 is 0. The Morgan fingerprint density at radius 3 is 2.67 bits per heavy atom. The molecule has 0 aliphatic heterocycles. The van der Waals surface area contributed by atoms with Gasteiger partial charge in [0.15, 0.2) is 0 Å². The summed E-state index contributed by atoms with van der Waals surface area (Å²) in [5.41, 5.74) is 0.692. The van der Waals surface area contributed by atoms with Gasteiger partial charge in [0.2, 0.25) is 0 Å². The fraction of sp³-hybridized carbons (Fsp3) is 0.308. The number of carbonyl (C=O) groups excluding carboxylic acids is 1. The second-order valence-corrected chi connectivity index (χ2v) is 4.71. The molecule has 5 heteroatoms. The summed E-state index contributed by atoms with van der Waals surface area (Å²) in [7, 11) is 0. The van der Waals surface area contributed by atoms with E-state index in [4.69, 9.17) is 16.7 Å². The van der Waals surface area contributed by atoms with E-state index in [-0.39, 0.29) is 24.6 Å². The molecule has 96 valence electrons. The van der Waals surface area contributed by atoms with Crippen LogP contribution < -0.4 is 10.6 Å². The van der Waals surface area contributed by atoms with E-state index in [1.165, 1.54) is 0 Å².